The van der Waals surface area contributed by atoms with Gasteiger partial charge in [-0.25, -0.2) is 0 Å². The number of nitrogens with zero attached hydrogens (tertiary/aromatic N) is 2. The first-order valence-electron chi connectivity index (χ1n) is 8.73. The molecule has 0 saturated heterocycles. The van der Waals surface area contributed by atoms with E-state index in [9.17, 15) is 9.90 Å². The lowest BCUT2D eigenvalue weighted by molar-refractivity contribution is -0.114. The van der Waals surface area contributed by atoms with Gasteiger partial charge in [0.05, 0.1) is 23.4 Å². The summed E-state index contributed by atoms with van der Waals surface area (Å²) in [5.74, 6) is 0.669. The smallest absolute Gasteiger partial charge is 0.221 e. The van der Waals surface area contributed by atoms with Gasteiger partial charge in [0.25, 0.3) is 0 Å². The van der Waals surface area contributed by atoms with E-state index in [0.717, 1.165) is 22.6 Å². The Kier molecular flexibility index (Phi) is 5.04. The number of amides is 1. The molecule has 1 aliphatic heterocycles. The number of aliphatic imine (C=N–C) groups is 1. The Hall–Kier alpha value is -3.23. The number of carbonyl (C=O) groups is 1. The summed E-state index contributed by atoms with van der Waals surface area (Å²) in [7, 11) is 1.62. The number of hydrogen-bond donors (Lipinski definition) is 2. The highest BCUT2D eigenvalue weighted by atomic mass is 32.1. The second-order valence-electron chi connectivity index (χ2n) is 6.36. The molecule has 8 heteroatoms. The first-order chi connectivity index (χ1) is 14.0. The van der Waals surface area contributed by atoms with E-state index in [0.29, 0.717) is 20.2 Å². The molecular weight excluding hydrogens is 406 g/mol. The highest BCUT2D eigenvalue weighted by Gasteiger charge is 2.17. The van der Waals surface area contributed by atoms with Crippen LogP contribution in [0.2, 0.25) is 0 Å². The number of fused-ring (bicyclic) bond motifs is 1. The van der Waals surface area contributed by atoms with Crippen molar-refractivity contribution in [1.29, 1.82) is 0 Å². The van der Waals surface area contributed by atoms with Gasteiger partial charge in [0.1, 0.15) is 5.75 Å². The number of thiazole rings is 1. The molecule has 4 rings (SSSR count). The maximum Gasteiger partial charge on any atom is 0.221 e. The monoisotopic (exact) mass is 423 g/mol. The Balaban J connectivity index is 1.69. The summed E-state index contributed by atoms with van der Waals surface area (Å²) in [6, 6.07) is 12.8. The van der Waals surface area contributed by atoms with E-state index in [4.69, 9.17) is 17.0 Å². The number of nitrogens with one attached hydrogen (secondary N) is 1. The number of rotatable bonds is 4. The topological polar surface area (TPSA) is 75.8 Å². The molecule has 1 aliphatic rings. The molecule has 0 bridgehead atoms. The van der Waals surface area contributed by atoms with Crippen molar-refractivity contribution in [2.75, 3.05) is 12.4 Å². The van der Waals surface area contributed by atoms with Crippen molar-refractivity contribution in [3.8, 4) is 17.3 Å². The van der Waals surface area contributed by atoms with Crippen LogP contribution in [0, 0.1) is 3.95 Å². The van der Waals surface area contributed by atoms with Gasteiger partial charge < -0.3 is 15.2 Å². The second-order valence-corrected chi connectivity index (χ2v) is 8.04. The third kappa shape index (κ3) is 3.72. The Morgan fingerprint density at radius 1 is 1.28 bits per heavy atom. The largest absolute Gasteiger partial charge is 0.497 e. The van der Waals surface area contributed by atoms with Crippen molar-refractivity contribution >= 4 is 58.7 Å². The number of anilines is 1. The zero-order chi connectivity index (χ0) is 20.5. The molecule has 2 heterocycles. The van der Waals surface area contributed by atoms with Gasteiger partial charge in [-0.3, -0.25) is 14.4 Å². The molecule has 1 amide bonds. The van der Waals surface area contributed by atoms with E-state index in [1.807, 2.05) is 24.3 Å². The molecule has 0 radical (unpaired) electrons. The summed E-state index contributed by atoms with van der Waals surface area (Å²) in [6.07, 6.45) is 3.64. The van der Waals surface area contributed by atoms with Crippen LogP contribution in [0.15, 0.2) is 47.5 Å². The summed E-state index contributed by atoms with van der Waals surface area (Å²) in [4.78, 5) is 16.2. The van der Waals surface area contributed by atoms with Gasteiger partial charge in [0, 0.05) is 36.0 Å². The average Bonchev–Trinajstić information content (AvgIpc) is 3.22. The molecule has 29 heavy (non-hydrogen) atoms. The molecular formula is C21H17N3O3S2. The van der Waals surface area contributed by atoms with E-state index < -0.39 is 0 Å². The number of aromatic hydroxyl groups is 1. The first-order valence-corrected chi connectivity index (χ1v) is 9.96. The molecule has 2 aromatic carbocycles. The van der Waals surface area contributed by atoms with Crippen LogP contribution in [0.3, 0.4) is 0 Å². The molecule has 1 aromatic heterocycles. The van der Waals surface area contributed by atoms with Crippen molar-refractivity contribution < 1.29 is 14.6 Å². The molecule has 0 unspecified atom stereocenters. The Labute approximate surface area is 176 Å². The van der Waals surface area contributed by atoms with Crippen LogP contribution in [0.1, 0.15) is 17.4 Å². The number of hydrogen-bond acceptors (Lipinski definition) is 6. The highest BCUT2D eigenvalue weighted by molar-refractivity contribution is 7.73. The molecule has 6 nitrogen and oxygen atoms in total. The molecule has 0 aliphatic carbocycles. The van der Waals surface area contributed by atoms with Crippen LogP contribution in [0.4, 0.5) is 11.4 Å². The van der Waals surface area contributed by atoms with Gasteiger partial charge in [-0.1, -0.05) is 0 Å². The van der Waals surface area contributed by atoms with Crippen molar-refractivity contribution in [2.24, 2.45) is 4.99 Å². The van der Waals surface area contributed by atoms with Crippen LogP contribution in [-0.2, 0) is 4.79 Å². The van der Waals surface area contributed by atoms with E-state index >= 15 is 0 Å². The lowest BCUT2D eigenvalue weighted by atomic mass is 10.1. The summed E-state index contributed by atoms with van der Waals surface area (Å²) >= 11 is 6.78. The van der Waals surface area contributed by atoms with Crippen LogP contribution in [-0.4, -0.2) is 28.9 Å². The first kappa shape index (κ1) is 19.1. The number of allylic oxidation sites excluding steroid dienone is 1. The van der Waals surface area contributed by atoms with Crippen LogP contribution >= 0.6 is 23.6 Å². The summed E-state index contributed by atoms with van der Waals surface area (Å²) in [6.45, 7) is 1.45. The number of carbonyl (C=O) groups excluding carboxylic acids is 1. The Morgan fingerprint density at radius 3 is 2.72 bits per heavy atom. The predicted octanol–water partition coefficient (Wildman–Crippen LogP) is 5.20. The number of ether oxygens (including phenoxy) is 1. The Morgan fingerprint density at radius 2 is 2.03 bits per heavy atom. The Bertz CT molecular complexity index is 1220. The molecule has 2 N–H and O–H groups in total. The van der Waals surface area contributed by atoms with E-state index in [2.05, 4.69) is 10.3 Å². The number of methoxy groups -OCH3 is 1. The minimum atomic E-state index is -0.141. The predicted molar refractivity (Wildman–Crippen MR) is 119 cm³/mol. The van der Waals surface area contributed by atoms with Crippen molar-refractivity contribution in [3.63, 3.8) is 0 Å². The van der Waals surface area contributed by atoms with Gasteiger partial charge in [0.15, 0.2) is 3.95 Å². The second kappa shape index (κ2) is 7.65. The standard InChI is InChI=1S/C21H17N3O3S2/c1-12(25)23-14-3-5-15(6-4-14)24-20(26)19(29-21(24)28)9-13-11-22-18-10-16(27-2)7-8-17(13)18/h3-11,26H,1-2H3,(H,23,25)/b13-9-. The summed E-state index contributed by atoms with van der Waals surface area (Å²) < 4.78 is 7.36. The van der Waals surface area contributed by atoms with Gasteiger partial charge in [0.2, 0.25) is 11.8 Å². The molecule has 0 atom stereocenters. The molecule has 0 fully saturated rings. The fourth-order valence-corrected chi connectivity index (χ4v) is 4.36. The molecule has 146 valence electrons. The summed E-state index contributed by atoms with van der Waals surface area (Å²) in [5, 5.41) is 13.5. The SMILES string of the molecule is COc1ccc2c(c1)N=C/C2=C/c1sc(=S)n(-c2ccc(NC(C)=O)cc2)c1O. The van der Waals surface area contributed by atoms with E-state index in [1.54, 1.807) is 42.2 Å². The zero-order valence-corrected chi connectivity index (χ0v) is 17.3. The van der Waals surface area contributed by atoms with Gasteiger partial charge >= 0.3 is 0 Å². The fourth-order valence-electron chi connectivity index (χ4n) is 3.06. The maximum absolute atomic E-state index is 11.2. The van der Waals surface area contributed by atoms with Gasteiger partial charge in [-0.2, -0.15) is 0 Å². The van der Waals surface area contributed by atoms with Gasteiger partial charge in [-0.15, -0.1) is 11.3 Å². The normalized spacial score (nSPS) is 13.5. The highest BCUT2D eigenvalue weighted by Crippen LogP contribution is 2.38. The average molecular weight is 424 g/mol. The maximum atomic E-state index is 11.2. The lowest BCUT2D eigenvalue weighted by Crippen LogP contribution is -2.05. The fraction of sp³-hybridized carbons (Fsp3) is 0.0952. The van der Waals surface area contributed by atoms with Crippen molar-refractivity contribution in [3.05, 3.63) is 56.9 Å². The number of benzene rings is 2. The lowest BCUT2D eigenvalue weighted by Gasteiger charge is -2.07. The minimum Gasteiger partial charge on any atom is -0.497 e. The molecule has 3 aromatic rings. The van der Waals surface area contributed by atoms with Crippen molar-refractivity contribution in [1.82, 2.24) is 4.57 Å². The van der Waals surface area contributed by atoms with E-state index in [1.165, 1.54) is 18.3 Å². The third-order valence-electron chi connectivity index (χ3n) is 4.40. The quantitative estimate of drug-likeness (QED) is 0.566. The van der Waals surface area contributed by atoms with Gasteiger partial charge in [-0.05, 0) is 54.7 Å². The molecule has 0 spiro atoms. The van der Waals surface area contributed by atoms with Crippen LogP contribution < -0.4 is 10.1 Å². The minimum absolute atomic E-state index is 0.0649. The number of aromatic nitrogens is 1. The third-order valence-corrected chi connectivity index (χ3v) is 5.71. The van der Waals surface area contributed by atoms with Crippen LogP contribution in [0.25, 0.3) is 17.3 Å². The van der Waals surface area contributed by atoms with E-state index in [-0.39, 0.29) is 11.8 Å². The van der Waals surface area contributed by atoms with Crippen LogP contribution in [0.5, 0.6) is 11.6 Å². The molecule has 0 saturated carbocycles. The van der Waals surface area contributed by atoms with Crippen molar-refractivity contribution in [2.45, 2.75) is 6.92 Å². The summed E-state index contributed by atoms with van der Waals surface area (Å²) in [5.41, 5.74) is 4.08. The zero-order valence-electron chi connectivity index (χ0n) is 15.7.